The first kappa shape index (κ1) is 13.7. The van der Waals surface area contributed by atoms with Crippen molar-refractivity contribution in [3.05, 3.63) is 35.6 Å². The lowest BCUT2D eigenvalue weighted by atomic mass is 9.88. The van der Waals surface area contributed by atoms with Gasteiger partial charge in [0.25, 0.3) is 0 Å². The molecule has 0 spiro atoms. The molecular weight excluding hydrogens is 236 g/mol. The molecule has 1 nitrogen and oxygen atoms in total. The summed E-state index contributed by atoms with van der Waals surface area (Å²) in [7, 11) is -1.68. The Morgan fingerprint density at radius 1 is 1.17 bits per heavy atom. The molecule has 0 aromatic rings. The number of rotatable bonds is 2. The molecule has 2 rings (SSSR count). The maximum atomic E-state index is 6.52. The van der Waals surface area contributed by atoms with Crippen molar-refractivity contribution in [2.75, 3.05) is 0 Å². The van der Waals surface area contributed by atoms with E-state index in [9.17, 15) is 0 Å². The van der Waals surface area contributed by atoms with Crippen molar-refractivity contribution in [3.63, 3.8) is 0 Å². The molecule has 0 aliphatic heterocycles. The van der Waals surface area contributed by atoms with Gasteiger partial charge in [-0.2, -0.15) is 0 Å². The number of fused-ring (bicyclic) bond motifs is 1. The van der Waals surface area contributed by atoms with Crippen LogP contribution in [-0.2, 0) is 4.43 Å². The summed E-state index contributed by atoms with van der Waals surface area (Å²) in [5.41, 5.74) is 1.45. The summed E-state index contributed by atoms with van der Waals surface area (Å²) in [5, 5.41) is 0.278. The van der Waals surface area contributed by atoms with Crippen LogP contribution in [0.3, 0.4) is 0 Å². The highest BCUT2D eigenvalue weighted by molar-refractivity contribution is 6.74. The Balaban J connectivity index is 2.18. The van der Waals surface area contributed by atoms with Gasteiger partial charge >= 0.3 is 0 Å². The Labute approximate surface area is 113 Å². The van der Waals surface area contributed by atoms with E-state index in [1.165, 1.54) is 11.3 Å². The van der Waals surface area contributed by atoms with E-state index in [1.807, 2.05) is 0 Å². The monoisotopic (exact) mass is 262 g/mol. The molecule has 0 N–H and O–H groups in total. The largest absolute Gasteiger partial charge is 0.547 e. The molecule has 0 aromatic heterocycles. The summed E-state index contributed by atoms with van der Waals surface area (Å²) in [4.78, 5) is 0. The Hall–Kier alpha value is -0.763. The predicted octanol–water partition coefficient (Wildman–Crippen LogP) is 5.04. The van der Waals surface area contributed by atoms with Gasteiger partial charge in [0.1, 0.15) is 0 Å². The van der Waals surface area contributed by atoms with E-state index in [0.29, 0.717) is 11.8 Å². The van der Waals surface area contributed by atoms with Crippen LogP contribution in [0.25, 0.3) is 0 Å². The van der Waals surface area contributed by atoms with E-state index in [-0.39, 0.29) is 5.04 Å². The van der Waals surface area contributed by atoms with E-state index in [2.05, 4.69) is 65.1 Å². The van der Waals surface area contributed by atoms with E-state index >= 15 is 0 Å². The fraction of sp³-hybridized carbons (Fsp3) is 0.625. The molecule has 0 aromatic carbocycles. The standard InChI is InChI=1S/C16H26OSi/c1-12-14-10-8-7-9-13(14)11-15(12)17-18(5,6)16(2,3)4/h7-10,13-14H,11H2,1-6H3. The first-order chi connectivity index (χ1) is 8.22. The van der Waals surface area contributed by atoms with Crippen LogP contribution in [0.15, 0.2) is 35.6 Å². The highest BCUT2D eigenvalue weighted by Crippen LogP contribution is 2.45. The van der Waals surface area contributed by atoms with Crippen LogP contribution in [0.2, 0.25) is 18.1 Å². The third kappa shape index (κ3) is 2.35. The van der Waals surface area contributed by atoms with Gasteiger partial charge in [0.2, 0.25) is 8.32 Å². The van der Waals surface area contributed by atoms with E-state index in [4.69, 9.17) is 4.43 Å². The van der Waals surface area contributed by atoms with Gasteiger partial charge in [-0.25, -0.2) is 0 Å². The van der Waals surface area contributed by atoms with Gasteiger partial charge in [0.15, 0.2) is 0 Å². The number of allylic oxidation sites excluding steroid dienone is 6. The van der Waals surface area contributed by atoms with Crippen LogP contribution < -0.4 is 0 Å². The normalized spacial score (nSPS) is 27.7. The van der Waals surface area contributed by atoms with Gasteiger partial charge in [0.05, 0.1) is 5.76 Å². The lowest BCUT2D eigenvalue weighted by Crippen LogP contribution is -2.40. The molecular formula is C16H26OSi. The van der Waals surface area contributed by atoms with Crippen LogP contribution in [0.1, 0.15) is 34.1 Å². The Bertz CT molecular complexity index is 421. The molecule has 0 saturated heterocycles. The molecule has 100 valence electrons. The van der Waals surface area contributed by atoms with E-state index < -0.39 is 8.32 Å². The molecule has 0 amide bonds. The zero-order valence-electron chi connectivity index (χ0n) is 12.6. The summed E-state index contributed by atoms with van der Waals surface area (Å²) >= 11 is 0. The highest BCUT2D eigenvalue weighted by Gasteiger charge is 2.41. The molecule has 2 heteroatoms. The first-order valence-electron chi connectivity index (χ1n) is 6.96. The van der Waals surface area contributed by atoms with Gasteiger partial charge in [0, 0.05) is 12.3 Å². The average molecular weight is 262 g/mol. The molecule has 0 fully saturated rings. The maximum absolute atomic E-state index is 6.52. The molecule has 0 bridgehead atoms. The summed E-state index contributed by atoms with van der Waals surface area (Å²) in [6.45, 7) is 13.8. The maximum Gasteiger partial charge on any atom is 0.250 e. The second-order valence-corrected chi connectivity index (χ2v) is 11.9. The first-order valence-corrected chi connectivity index (χ1v) is 9.87. The Morgan fingerprint density at radius 3 is 2.33 bits per heavy atom. The van der Waals surface area contributed by atoms with Crippen molar-refractivity contribution < 1.29 is 4.43 Å². The van der Waals surface area contributed by atoms with Crippen LogP contribution in [0, 0.1) is 11.8 Å². The summed E-state index contributed by atoms with van der Waals surface area (Å²) in [6.07, 6.45) is 10.1. The second-order valence-electron chi connectivity index (χ2n) is 7.13. The van der Waals surface area contributed by atoms with Gasteiger partial charge < -0.3 is 4.43 Å². The van der Waals surface area contributed by atoms with Crippen LogP contribution in [0.4, 0.5) is 0 Å². The average Bonchev–Trinajstić information content (AvgIpc) is 2.54. The number of hydrogen-bond acceptors (Lipinski definition) is 1. The third-order valence-electron chi connectivity index (χ3n) is 4.79. The molecule has 2 unspecified atom stereocenters. The van der Waals surface area contributed by atoms with Crippen molar-refractivity contribution in [3.8, 4) is 0 Å². The zero-order chi connectivity index (χ0) is 13.6. The Kier molecular flexibility index (Phi) is 3.35. The third-order valence-corrected chi connectivity index (χ3v) is 9.16. The lowest BCUT2D eigenvalue weighted by Gasteiger charge is -2.37. The molecule has 0 heterocycles. The minimum Gasteiger partial charge on any atom is -0.547 e. The SMILES string of the molecule is CC1=C(O[Si](C)(C)C(C)(C)C)CC2C=CC=CC12. The minimum atomic E-state index is -1.68. The summed E-state index contributed by atoms with van der Waals surface area (Å²) in [6, 6.07) is 0. The zero-order valence-corrected chi connectivity index (χ0v) is 13.6. The van der Waals surface area contributed by atoms with Crippen LogP contribution in [0.5, 0.6) is 0 Å². The van der Waals surface area contributed by atoms with E-state index in [0.717, 1.165) is 6.42 Å². The van der Waals surface area contributed by atoms with Crippen LogP contribution >= 0.6 is 0 Å². The molecule has 2 aliphatic carbocycles. The minimum absolute atomic E-state index is 0.278. The quantitative estimate of drug-likeness (QED) is 0.633. The highest BCUT2D eigenvalue weighted by atomic mass is 28.4. The number of hydrogen-bond donors (Lipinski definition) is 0. The van der Waals surface area contributed by atoms with Gasteiger partial charge in [-0.05, 0) is 36.5 Å². The Morgan fingerprint density at radius 2 is 1.78 bits per heavy atom. The van der Waals surface area contributed by atoms with Crippen LogP contribution in [-0.4, -0.2) is 8.32 Å². The van der Waals surface area contributed by atoms with Crippen molar-refractivity contribution in [1.82, 2.24) is 0 Å². The van der Waals surface area contributed by atoms with Gasteiger partial charge in [-0.15, -0.1) is 0 Å². The predicted molar refractivity (Wildman–Crippen MR) is 80.9 cm³/mol. The van der Waals surface area contributed by atoms with Crippen molar-refractivity contribution >= 4 is 8.32 Å². The van der Waals surface area contributed by atoms with Crippen molar-refractivity contribution in [1.29, 1.82) is 0 Å². The molecule has 2 aliphatic rings. The molecule has 2 atom stereocenters. The van der Waals surface area contributed by atoms with Crippen molar-refractivity contribution in [2.45, 2.75) is 52.2 Å². The molecule has 0 saturated carbocycles. The van der Waals surface area contributed by atoms with Crippen molar-refractivity contribution in [2.24, 2.45) is 11.8 Å². The summed E-state index contributed by atoms with van der Waals surface area (Å²) < 4.78 is 6.52. The van der Waals surface area contributed by atoms with Gasteiger partial charge in [-0.1, -0.05) is 45.1 Å². The molecule has 18 heavy (non-hydrogen) atoms. The molecule has 0 radical (unpaired) electrons. The smallest absolute Gasteiger partial charge is 0.250 e. The topological polar surface area (TPSA) is 9.23 Å². The fourth-order valence-electron chi connectivity index (χ4n) is 2.46. The van der Waals surface area contributed by atoms with Gasteiger partial charge in [-0.3, -0.25) is 0 Å². The van der Waals surface area contributed by atoms with E-state index in [1.54, 1.807) is 0 Å². The summed E-state index contributed by atoms with van der Waals surface area (Å²) in [5.74, 6) is 2.48. The second kappa shape index (κ2) is 4.41. The lowest BCUT2D eigenvalue weighted by molar-refractivity contribution is 0.363. The fourth-order valence-corrected chi connectivity index (χ4v) is 3.62.